The lowest BCUT2D eigenvalue weighted by Crippen LogP contribution is -2.35. The lowest BCUT2D eigenvalue weighted by molar-refractivity contribution is 0.794. The van der Waals surface area contributed by atoms with Gasteiger partial charge in [-0.3, -0.25) is 4.90 Å². The van der Waals surface area contributed by atoms with Gasteiger partial charge in [-0.2, -0.15) is 9.97 Å². The monoisotopic (exact) mass is 909 g/mol. The summed E-state index contributed by atoms with van der Waals surface area (Å²) in [6.45, 7) is 0. The van der Waals surface area contributed by atoms with Crippen molar-refractivity contribution in [2.75, 3.05) is 4.90 Å². The molecule has 6 heteroatoms. The van der Waals surface area contributed by atoms with E-state index in [0.717, 1.165) is 44.8 Å². The number of fused-ring (bicyclic) bond motifs is 15. The van der Waals surface area contributed by atoms with Crippen molar-refractivity contribution in [2.24, 2.45) is 0 Å². The molecule has 0 saturated heterocycles. The molecule has 2 aromatic heterocycles. The quantitative estimate of drug-likeness (QED) is 0.161. The standard InChI is InChI=1S/C64H40N5P/c1-4-21-41(22-5-1)61-65-62(48-31-20-35-53-60(48)47-30-12-16-34-52(47)64(53)50-32-14-10-27-44(50)45-28-11-15-33-51(45)64)67-63(66-61)69-55-37-18-19-38-58(55)70(43-25-8-3-9-26-43)59-40-56-49(39-57(59)69)46-29-13-17-36-54(46)68(56)42-23-6-2-7-24-42/h1-40H. The second-order valence-electron chi connectivity index (χ2n) is 18.3. The van der Waals surface area contributed by atoms with E-state index in [2.05, 4.69) is 246 Å². The van der Waals surface area contributed by atoms with E-state index < -0.39 is 13.3 Å². The number of para-hydroxylation sites is 3. The third-order valence-corrected chi connectivity index (χ3v) is 17.3. The first-order chi connectivity index (χ1) is 34.8. The molecule has 0 N–H and O–H groups in total. The molecule has 0 amide bonds. The van der Waals surface area contributed by atoms with Crippen LogP contribution in [0.25, 0.3) is 72.5 Å². The fourth-order valence-corrected chi connectivity index (χ4v) is 14.6. The molecule has 326 valence electrons. The maximum atomic E-state index is 5.70. The van der Waals surface area contributed by atoms with E-state index >= 15 is 0 Å². The lowest BCUT2D eigenvalue weighted by Gasteiger charge is -2.37. The predicted molar refractivity (Wildman–Crippen MR) is 288 cm³/mol. The van der Waals surface area contributed by atoms with Crippen LogP contribution in [0, 0.1) is 0 Å². The van der Waals surface area contributed by atoms with E-state index in [0.29, 0.717) is 17.6 Å². The summed E-state index contributed by atoms with van der Waals surface area (Å²) in [5, 5.41) is 6.14. The summed E-state index contributed by atoms with van der Waals surface area (Å²) in [6, 6.07) is 88.3. The molecule has 0 radical (unpaired) electrons. The summed E-state index contributed by atoms with van der Waals surface area (Å²) in [5.41, 5.74) is 17.0. The highest BCUT2D eigenvalue weighted by atomic mass is 31.1. The summed E-state index contributed by atoms with van der Waals surface area (Å²) in [4.78, 5) is 19.0. The van der Waals surface area contributed by atoms with Crippen LogP contribution < -0.4 is 20.8 Å². The molecular formula is C64H40N5P. The first kappa shape index (κ1) is 39.3. The predicted octanol–water partition coefficient (Wildman–Crippen LogP) is 14.2. The number of aromatic nitrogens is 4. The van der Waals surface area contributed by atoms with Gasteiger partial charge >= 0.3 is 0 Å². The Balaban J connectivity index is 1.02. The minimum atomic E-state index is -1.01. The summed E-state index contributed by atoms with van der Waals surface area (Å²) in [5.74, 6) is 1.82. The van der Waals surface area contributed by atoms with Crippen molar-refractivity contribution in [3.8, 4) is 50.7 Å². The molecule has 10 aromatic carbocycles. The van der Waals surface area contributed by atoms with E-state index in [4.69, 9.17) is 15.0 Å². The number of hydrogen-bond donors (Lipinski definition) is 0. The third kappa shape index (κ3) is 5.44. The normalized spacial score (nSPS) is 14.5. The van der Waals surface area contributed by atoms with Crippen molar-refractivity contribution in [3.63, 3.8) is 0 Å². The number of anilines is 3. The molecule has 0 saturated carbocycles. The van der Waals surface area contributed by atoms with Gasteiger partial charge in [0.05, 0.1) is 27.8 Å². The molecule has 3 aliphatic rings. The summed E-state index contributed by atoms with van der Waals surface area (Å²) in [7, 11) is -1.01. The zero-order valence-electron chi connectivity index (χ0n) is 37.8. The van der Waals surface area contributed by atoms with Gasteiger partial charge in [-0.15, -0.1) is 0 Å². The van der Waals surface area contributed by atoms with Gasteiger partial charge < -0.3 is 4.57 Å². The highest BCUT2D eigenvalue weighted by molar-refractivity contribution is 7.80. The van der Waals surface area contributed by atoms with Gasteiger partial charge in [0.2, 0.25) is 5.95 Å². The molecule has 0 bridgehead atoms. The fraction of sp³-hybridized carbons (Fsp3) is 0.0156. The van der Waals surface area contributed by atoms with Crippen LogP contribution in [0.3, 0.4) is 0 Å². The molecule has 12 aromatic rings. The molecule has 5 nitrogen and oxygen atoms in total. The van der Waals surface area contributed by atoms with Gasteiger partial charge in [0.15, 0.2) is 11.6 Å². The van der Waals surface area contributed by atoms with E-state index in [1.807, 2.05) is 6.07 Å². The average molecular weight is 910 g/mol. The highest BCUT2D eigenvalue weighted by Gasteiger charge is 2.52. The van der Waals surface area contributed by atoms with E-state index in [-0.39, 0.29) is 0 Å². The Hall–Kier alpha value is -8.76. The molecule has 0 fully saturated rings. The van der Waals surface area contributed by atoms with Crippen LogP contribution in [0.5, 0.6) is 0 Å². The topological polar surface area (TPSA) is 46.8 Å². The zero-order chi connectivity index (χ0) is 45.9. The van der Waals surface area contributed by atoms with Crippen LogP contribution in [-0.4, -0.2) is 19.5 Å². The van der Waals surface area contributed by atoms with Crippen LogP contribution >= 0.6 is 7.92 Å². The SMILES string of the molecule is c1ccc(-c2nc(-c3cccc4c3-c3ccccc3C43c4ccccc4-c4ccccc43)nc(N3c4ccccc4P(c4ccccc4)c4cc5c(cc43)c3ccccc3n5-c3ccccc3)n2)cc1. The molecule has 1 aliphatic heterocycles. The molecule has 1 unspecified atom stereocenters. The van der Waals surface area contributed by atoms with Gasteiger partial charge in [0, 0.05) is 38.2 Å². The zero-order valence-corrected chi connectivity index (χ0v) is 38.7. The first-order valence-electron chi connectivity index (χ1n) is 23.9. The van der Waals surface area contributed by atoms with E-state index in [9.17, 15) is 0 Å². The molecule has 15 rings (SSSR count). The van der Waals surface area contributed by atoms with Crippen molar-refractivity contribution in [2.45, 2.75) is 5.41 Å². The van der Waals surface area contributed by atoms with Crippen molar-refractivity contribution in [1.82, 2.24) is 19.5 Å². The number of benzene rings is 10. The van der Waals surface area contributed by atoms with Crippen LogP contribution in [0.2, 0.25) is 0 Å². The maximum absolute atomic E-state index is 5.70. The average Bonchev–Trinajstić information content (AvgIpc) is 4.04. The summed E-state index contributed by atoms with van der Waals surface area (Å²) >= 11 is 0. The number of nitrogens with zero attached hydrogens (tertiary/aromatic N) is 5. The molecule has 70 heavy (non-hydrogen) atoms. The Bertz CT molecular complexity index is 4040. The molecule has 1 atom stereocenters. The van der Waals surface area contributed by atoms with Gasteiger partial charge in [0.1, 0.15) is 0 Å². The molecule has 2 aliphatic carbocycles. The third-order valence-electron chi connectivity index (χ3n) is 14.8. The van der Waals surface area contributed by atoms with Gasteiger partial charge in [-0.05, 0) is 94.1 Å². The minimum absolute atomic E-state index is 0.503. The smallest absolute Gasteiger partial charge is 0.238 e. The largest absolute Gasteiger partial charge is 0.309 e. The van der Waals surface area contributed by atoms with Gasteiger partial charge in [-0.1, -0.05) is 206 Å². The van der Waals surface area contributed by atoms with Crippen molar-refractivity contribution in [3.05, 3.63) is 265 Å². The van der Waals surface area contributed by atoms with Crippen LogP contribution in [0.15, 0.2) is 243 Å². The van der Waals surface area contributed by atoms with Crippen molar-refractivity contribution in [1.29, 1.82) is 0 Å². The molecular weight excluding hydrogens is 870 g/mol. The Kier molecular flexibility index (Phi) is 8.48. The maximum Gasteiger partial charge on any atom is 0.238 e. The molecule has 1 spiro atoms. The van der Waals surface area contributed by atoms with Crippen molar-refractivity contribution < 1.29 is 0 Å². The van der Waals surface area contributed by atoms with Crippen LogP contribution in [0.4, 0.5) is 17.3 Å². The van der Waals surface area contributed by atoms with Crippen LogP contribution in [-0.2, 0) is 5.41 Å². The Labute approximate surface area is 406 Å². The number of hydrogen-bond acceptors (Lipinski definition) is 4. The van der Waals surface area contributed by atoms with E-state index in [1.54, 1.807) is 0 Å². The second-order valence-corrected chi connectivity index (χ2v) is 20.5. The van der Waals surface area contributed by atoms with Crippen molar-refractivity contribution >= 4 is 63.0 Å². The first-order valence-corrected chi connectivity index (χ1v) is 25.2. The highest BCUT2D eigenvalue weighted by Crippen LogP contribution is 2.64. The summed E-state index contributed by atoms with van der Waals surface area (Å²) in [6.07, 6.45) is 0. The Morgan fingerprint density at radius 2 is 0.943 bits per heavy atom. The fourth-order valence-electron chi connectivity index (χ4n) is 12.0. The summed E-state index contributed by atoms with van der Waals surface area (Å²) < 4.78 is 2.42. The van der Waals surface area contributed by atoms with E-state index in [1.165, 1.54) is 65.6 Å². The second kappa shape index (κ2) is 15.1. The number of rotatable bonds is 5. The Morgan fingerprint density at radius 1 is 0.371 bits per heavy atom. The van der Waals surface area contributed by atoms with Crippen LogP contribution in [0.1, 0.15) is 22.3 Å². The molecule has 3 heterocycles. The minimum Gasteiger partial charge on any atom is -0.309 e. The van der Waals surface area contributed by atoms with Gasteiger partial charge in [-0.25, -0.2) is 4.98 Å². The van der Waals surface area contributed by atoms with Gasteiger partial charge in [0.25, 0.3) is 0 Å². The Morgan fingerprint density at radius 3 is 1.70 bits per heavy atom. The lowest BCUT2D eigenvalue weighted by atomic mass is 9.70.